The van der Waals surface area contributed by atoms with Crippen LogP contribution < -0.4 is 15.5 Å². The lowest BCUT2D eigenvalue weighted by Crippen LogP contribution is -2.32. The third kappa shape index (κ3) is 4.88. The first-order chi connectivity index (χ1) is 12.9. The van der Waals surface area contributed by atoms with Crippen molar-refractivity contribution in [2.75, 3.05) is 28.6 Å². The van der Waals surface area contributed by atoms with Crippen LogP contribution in [0.3, 0.4) is 0 Å². The molecule has 1 aliphatic heterocycles. The zero-order valence-electron chi connectivity index (χ0n) is 16.2. The summed E-state index contributed by atoms with van der Waals surface area (Å²) < 4.78 is 0. The molecular formula is C22H27N3O2. The molecule has 0 spiro atoms. The van der Waals surface area contributed by atoms with E-state index in [1.807, 2.05) is 50.2 Å². The van der Waals surface area contributed by atoms with E-state index in [2.05, 4.69) is 22.5 Å². The fourth-order valence-corrected chi connectivity index (χ4v) is 3.22. The Kier molecular flexibility index (Phi) is 5.79. The minimum absolute atomic E-state index is 0.615. The number of carbonyl (C=O) groups excluding carboxylic acids is 2. The van der Waals surface area contributed by atoms with Gasteiger partial charge in [-0.25, -0.2) is 0 Å². The number of piperidine rings is 1. The highest BCUT2D eigenvalue weighted by Crippen LogP contribution is 2.24. The van der Waals surface area contributed by atoms with Gasteiger partial charge in [0, 0.05) is 30.2 Å². The predicted octanol–water partition coefficient (Wildman–Crippen LogP) is 4.12. The van der Waals surface area contributed by atoms with Gasteiger partial charge < -0.3 is 15.5 Å². The summed E-state index contributed by atoms with van der Waals surface area (Å²) in [6.45, 7) is 8.38. The van der Waals surface area contributed by atoms with Gasteiger partial charge in [0.05, 0.1) is 0 Å². The predicted molar refractivity (Wildman–Crippen MR) is 110 cm³/mol. The summed E-state index contributed by atoms with van der Waals surface area (Å²) in [5.74, 6) is -0.559. The maximum absolute atomic E-state index is 12.2. The molecule has 0 aromatic heterocycles. The molecule has 3 rings (SSSR count). The van der Waals surface area contributed by atoms with Crippen LogP contribution in [0.2, 0.25) is 0 Å². The normalized spacial score (nSPS) is 14.7. The topological polar surface area (TPSA) is 61.4 Å². The third-order valence-electron chi connectivity index (χ3n) is 5.24. The molecule has 1 fully saturated rings. The highest BCUT2D eigenvalue weighted by Gasteiger charge is 2.17. The van der Waals surface area contributed by atoms with Crippen LogP contribution in [0, 0.1) is 19.8 Å². The molecular weight excluding hydrogens is 338 g/mol. The molecule has 2 aromatic rings. The van der Waals surface area contributed by atoms with Gasteiger partial charge in [0.2, 0.25) is 0 Å². The first-order valence-electron chi connectivity index (χ1n) is 9.47. The number of nitrogens with zero attached hydrogens (tertiary/aromatic N) is 1. The van der Waals surface area contributed by atoms with Crippen LogP contribution in [0.25, 0.3) is 0 Å². The summed E-state index contributed by atoms with van der Waals surface area (Å²) in [5.41, 5.74) is 4.59. The van der Waals surface area contributed by atoms with Crippen LogP contribution in [0.5, 0.6) is 0 Å². The smallest absolute Gasteiger partial charge is 0.314 e. The molecule has 2 amide bonds. The molecule has 0 radical (unpaired) electrons. The van der Waals surface area contributed by atoms with Crippen LogP contribution in [0.15, 0.2) is 42.5 Å². The molecule has 0 saturated carbocycles. The van der Waals surface area contributed by atoms with Crippen LogP contribution in [-0.2, 0) is 9.59 Å². The van der Waals surface area contributed by atoms with Gasteiger partial charge in [-0.2, -0.15) is 0 Å². The monoisotopic (exact) mass is 365 g/mol. The average molecular weight is 365 g/mol. The van der Waals surface area contributed by atoms with Gasteiger partial charge in [0.15, 0.2) is 0 Å². The molecule has 2 aromatic carbocycles. The Morgan fingerprint density at radius 1 is 0.852 bits per heavy atom. The van der Waals surface area contributed by atoms with Crippen LogP contribution >= 0.6 is 0 Å². The number of benzene rings is 2. The van der Waals surface area contributed by atoms with E-state index < -0.39 is 11.8 Å². The van der Waals surface area contributed by atoms with Crippen molar-refractivity contribution in [1.82, 2.24) is 0 Å². The fourth-order valence-electron chi connectivity index (χ4n) is 3.22. The molecule has 1 aliphatic rings. The van der Waals surface area contributed by atoms with Gasteiger partial charge in [-0.05, 0) is 80.1 Å². The number of anilines is 3. The summed E-state index contributed by atoms with van der Waals surface area (Å²) in [4.78, 5) is 26.6. The highest BCUT2D eigenvalue weighted by molar-refractivity contribution is 6.43. The standard InChI is InChI=1S/C22H27N3O2/c1-15-10-12-25(13-11-15)20-8-6-18(7-9-20)23-21(26)22(27)24-19-5-4-16(2)17(3)14-19/h4-9,14-15H,10-13H2,1-3H3,(H,23,26)(H,24,27). The maximum Gasteiger partial charge on any atom is 0.314 e. The largest absolute Gasteiger partial charge is 0.372 e. The minimum Gasteiger partial charge on any atom is -0.372 e. The first kappa shape index (κ1) is 19.0. The molecule has 0 aliphatic carbocycles. The Labute approximate surface area is 160 Å². The quantitative estimate of drug-likeness (QED) is 0.805. The Morgan fingerprint density at radius 2 is 1.41 bits per heavy atom. The van der Waals surface area contributed by atoms with Crippen molar-refractivity contribution < 1.29 is 9.59 Å². The lowest BCUT2D eigenvalue weighted by atomic mass is 9.99. The van der Waals surface area contributed by atoms with Crippen molar-refractivity contribution in [3.05, 3.63) is 53.6 Å². The van der Waals surface area contributed by atoms with Crippen molar-refractivity contribution in [3.63, 3.8) is 0 Å². The number of hydrogen-bond acceptors (Lipinski definition) is 3. The van der Waals surface area contributed by atoms with Crippen LogP contribution in [-0.4, -0.2) is 24.9 Å². The van der Waals surface area contributed by atoms with E-state index in [0.717, 1.165) is 35.8 Å². The molecule has 27 heavy (non-hydrogen) atoms. The molecule has 0 unspecified atom stereocenters. The van der Waals surface area contributed by atoms with E-state index >= 15 is 0 Å². The van der Waals surface area contributed by atoms with Gasteiger partial charge in [-0.15, -0.1) is 0 Å². The molecule has 2 N–H and O–H groups in total. The van der Waals surface area contributed by atoms with Crippen molar-refractivity contribution in [2.45, 2.75) is 33.6 Å². The van der Waals surface area contributed by atoms with E-state index in [0.29, 0.717) is 11.4 Å². The fraction of sp³-hybridized carbons (Fsp3) is 0.364. The van der Waals surface area contributed by atoms with E-state index in [1.165, 1.54) is 12.8 Å². The Morgan fingerprint density at radius 3 is 2.00 bits per heavy atom. The summed E-state index contributed by atoms with van der Waals surface area (Å²) in [7, 11) is 0. The molecule has 5 nitrogen and oxygen atoms in total. The van der Waals surface area contributed by atoms with Crippen molar-refractivity contribution >= 4 is 28.9 Å². The Balaban J connectivity index is 1.56. The second-order valence-corrected chi connectivity index (χ2v) is 7.42. The number of amides is 2. The number of aryl methyl sites for hydroxylation is 2. The van der Waals surface area contributed by atoms with Crippen molar-refractivity contribution in [2.24, 2.45) is 5.92 Å². The summed E-state index contributed by atoms with van der Waals surface area (Å²) in [5, 5.41) is 5.29. The van der Waals surface area contributed by atoms with E-state index in [4.69, 9.17) is 0 Å². The first-order valence-corrected chi connectivity index (χ1v) is 9.47. The molecule has 142 valence electrons. The lowest BCUT2D eigenvalue weighted by molar-refractivity contribution is -0.132. The SMILES string of the molecule is Cc1ccc(NC(=O)C(=O)Nc2ccc(N3CCC(C)CC3)cc2)cc1C. The number of rotatable bonds is 3. The van der Waals surface area contributed by atoms with Gasteiger partial charge in [-0.1, -0.05) is 13.0 Å². The number of hydrogen-bond donors (Lipinski definition) is 2. The summed E-state index contributed by atoms with van der Waals surface area (Å²) >= 11 is 0. The van der Waals surface area contributed by atoms with Gasteiger partial charge in [0.1, 0.15) is 0 Å². The van der Waals surface area contributed by atoms with Crippen LogP contribution in [0.4, 0.5) is 17.1 Å². The van der Waals surface area contributed by atoms with Gasteiger partial charge >= 0.3 is 11.8 Å². The molecule has 5 heteroatoms. The maximum atomic E-state index is 12.2. The second-order valence-electron chi connectivity index (χ2n) is 7.42. The van der Waals surface area contributed by atoms with Crippen LogP contribution in [0.1, 0.15) is 30.9 Å². The third-order valence-corrected chi connectivity index (χ3v) is 5.24. The summed E-state index contributed by atoms with van der Waals surface area (Å²) in [6.07, 6.45) is 2.41. The van der Waals surface area contributed by atoms with Crippen molar-refractivity contribution in [1.29, 1.82) is 0 Å². The van der Waals surface area contributed by atoms with Gasteiger partial charge in [-0.3, -0.25) is 9.59 Å². The average Bonchev–Trinajstić information content (AvgIpc) is 2.66. The zero-order valence-corrected chi connectivity index (χ0v) is 16.2. The molecule has 1 saturated heterocycles. The Bertz CT molecular complexity index is 822. The molecule has 0 bridgehead atoms. The number of carbonyl (C=O) groups is 2. The van der Waals surface area contributed by atoms with Gasteiger partial charge in [0.25, 0.3) is 0 Å². The molecule has 0 atom stereocenters. The minimum atomic E-state index is -0.674. The lowest BCUT2D eigenvalue weighted by Gasteiger charge is -2.32. The molecule has 1 heterocycles. The Hall–Kier alpha value is -2.82. The van der Waals surface area contributed by atoms with Crippen molar-refractivity contribution in [3.8, 4) is 0 Å². The van der Waals surface area contributed by atoms with E-state index in [-0.39, 0.29) is 0 Å². The highest BCUT2D eigenvalue weighted by atomic mass is 16.2. The zero-order chi connectivity index (χ0) is 19.4. The second kappa shape index (κ2) is 8.25. The van der Waals surface area contributed by atoms with E-state index in [9.17, 15) is 9.59 Å². The number of nitrogens with one attached hydrogen (secondary N) is 2. The summed E-state index contributed by atoms with van der Waals surface area (Å²) in [6, 6.07) is 13.2. The van der Waals surface area contributed by atoms with E-state index in [1.54, 1.807) is 6.07 Å².